The number of para-hydroxylation sites is 1. The highest BCUT2D eigenvalue weighted by molar-refractivity contribution is 8.00. The van der Waals surface area contributed by atoms with Crippen molar-refractivity contribution in [3.8, 4) is 0 Å². The van der Waals surface area contributed by atoms with E-state index < -0.39 is 0 Å². The zero-order valence-electron chi connectivity index (χ0n) is 11.6. The molecule has 108 valence electrons. The molecule has 4 nitrogen and oxygen atoms in total. The van der Waals surface area contributed by atoms with Gasteiger partial charge in [-0.25, -0.2) is 0 Å². The van der Waals surface area contributed by atoms with Gasteiger partial charge in [0.2, 0.25) is 5.91 Å². The molecule has 0 aromatic heterocycles. The number of amides is 1. The number of carbonyl (C=O) groups excluding carboxylic acids is 2. The molecular weight excluding hydrogens is 274 g/mol. The standard InChI is InChI=1S/C15H19NO3S/c1-3-10-16(13-8-6-5-7-9-13)14(17)11-20-12-15(18)19-4-2/h3,5-9H,1,4,10-12H2,2H3. The lowest BCUT2D eigenvalue weighted by Gasteiger charge is -2.21. The molecular formula is C15H19NO3S. The van der Waals surface area contributed by atoms with E-state index in [1.54, 1.807) is 17.9 Å². The molecule has 5 heteroatoms. The van der Waals surface area contributed by atoms with Gasteiger partial charge in [0.15, 0.2) is 0 Å². The molecule has 0 saturated carbocycles. The zero-order valence-corrected chi connectivity index (χ0v) is 12.4. The summed E-state index contributed by atoms with van der Waals surface area (Å²) in [6.07, 6.45) is 1.68. The Bertz CT molecular complexity index is 448. The van der Waals surface area contributed by atoms with Crippen LogP contribution in [-0.4, -0.2) is 36.5 Å². The molecule has 0 aliphatic heterocycles. The van der Waals surface area contributed by atoms with Gasteiger partial charge in [0.1, 0.15) is 0 Å². The summed E-state index contributed by atoms with van der Waals surface area (Å²) in [6, 6.07) is 9.40. The van der Waals surface area contributed by atoms with Crippen LogP contribution in [0.5, 0.6) is 0 Å². The molecule has 0 saturated heterocycles. The van der Waals surface area contributed by atoms with Gasteiger partial charge in [0.05, 0.1) is 18.1 Å². The second kappa shape index (κ2) is 9.20. The summed E-state index contributed by atoms with van der Waals surface area (Å²) in [5.41, 5.74) is 0.828. The Kier molecular flexibility index (Phi) is 7.50. The van der Waals surface area contributed by atoms with Gasteiger partial charge in [0, 0.05) is 12.2 Å². The lowest BCUT2D eigenvalue weighted by atomic mass is 10.3. The van der Waals surface area contributed by atoms with Gasteiger partial charge in [-0.1, -0.05) is 24.3 Å². The molecule has 1 aromatic carbocycles. The number of ether oxygens (including phenoxy) is 1. The smallest absolute Gasteiger partial charge is 0.315 e. The number of thioether (sulfide) groups is 1. The van der Waals surface area contributed by atoms with Crippen LogP contribution in [0.2, 0.25) is 0 Å². The molecule has 0 aliphatic carbocycles. The van der Waals surface area contributed by atoms with E-state index in [9.17, 15) is 9.59 Å². The minimum atomic E-state index is -0.291. The zero-order chi connectivity index (χ0) is 14.8. The third kappa shape index (κ3) is 5.48. The molecule has 0 radical (unpaired) electrons. The number of hydrogen-bond donors (Lipinski definition) is 0. The van der Waals surface area contributed by atoms with Crippen LogP contribution in [-0.2, 0) is 14.3 Å². The number of nitrogens with zero attached hydrogens (tertiary/aromatic N) is 1. The highest BCUT2D eigenvalue weighted by Crippen LogP contribution is 2.15. The topological polar surface area (TPSA) is 46.6 Å². The molecule has 0 fully saturated rings. The van der Waals surface area contributed by atoms with E-state index in [2.05, 4.69) is 6.58 Å². The average molecular weight is 293 g/mol. The Morgan fingerprint density at radius 3 is 2.60 bits per heavy atom. The van der Waals surface area contributed by atoms with Crippen LogP contribution in [0.1, 0.15) is 6.92 Å². The van der Waals surface area contributed by atoms with Crippen molar-refractivity contribution in [1.82, 2.24) is 0 Å². The van der Waals surface area contributed by atoms with E-state index in [-0.39, 0.29) is 23.4 Å². The normalized spacial score (nSPS) is 9.85. The van der Waals surface area contributed by atoms with Crippen molar-refractivity contribution in [3.05, 3.63) is 43.0 Å². The van der Waals surface area contributed by atoms with Crippen LogP contribution >= 0.6 is 11.8 Å². The van der Waals surface area contributed by atoms with Gasteiger partial charge < -0.3 is 9.64 Å². The maximum atomic E-state index is 12.2. The third-order valence-electron chi connectivity index (χ3n) is 2.43. The Morgan fingerprint density at radius 2 is 2.00 bits per heavy atom. The van der Waals surface area contributed by atoms with Crippen molar-refractivity contribution in [3.63, 3.8) is 0 Å². The SMILES string of the molecule is C=CCN(C(=O)CSCC(=O)OCC)c1ccccc1. The molecule has 0 spiro atoms. The molecule has 0 atom stereocenters. The molecule has 1 amide bonds. The van der Waals surface area contributed by atoms with Crippen LogP contribution in [0.4, 0.5) is 5.69 Å². The average Bonchev–Trinajstić information content (AvgIpc) is 2.46. The summed E-state index contributed by atoms with van der Waals surface area (Å²) in [7, 11) is 0. The van der Waals surface area contributed by atoms with E-state index in [4.69, 9.17) is 4.74 Å². The van der Waals surface area contributed by atoms with Crippen molar-refractivity contribution in [1.29, 1.82) is 0 Å². The fourth-order valence-electron chi connectivity index (χ4n) is 1.59. The largest absolute Gasteiger partial charge is 0.465 e. The molecule has 0 unspecified atom stereocenters. The summed E-state index contributed by atoms with van der Waals surface area (Å²) in [6.45, 7) is 6.23. The summed E-state index contributed by atoms with van der Waals surface area (Å²) < 4.78 is 4.82. The Hall–Kier alpha value is -1.75. The first-order valence-corrected chi connectivity index (χ1v) is 7.54. The summed E-state index contributed by atoms with van der Waals surface area (Å²) in [5, 5.41) is 0. The monoisotopic (exact) mass is 293 g/mol. The van der Waals surface area contributed by atoms with Gasteiger partial charge >= 0.3 is 5.97 Å². The number of benzene rings is 1. The van der Waals surface area contributed by atoms with Crippen molar-refractivity contribution in [2.75, 3.05) is 29.6 Å². The Labute approximate surface area is 123 Å². The quantitative estimate of drug-likeness (QED) is 0.546. The lowest BCUT2D eigenvalue weighted by molar-refractivity contribution is -0.139. The second-order valence-electron chi connectivity index (χ2n) is 3.93. The fourth-order valence-corrected chi connectivity index (χ4v) is 2.27. The van der Waals surface area contributed by atoms with E-state index >= 15 is 0 Å². The van der Waals surface area contributed by atoms with Crippen molar-refractivity contribution < 1.29 is 14.3 Å². The van der Waals surface area contributed by atoms with Crippen LogP contribution in [0.15, 0.2) is 43.0 Å². The van der Waals surface area contributed by atoms with Crippen molar-refractivity contribution in [2.45, 2.75) is 6.92 Å². The summed E-state index contributed by atoms with van der Waals surface area (Å²) in [4.78, 5) is 25.0. The molecule has 0 heterocycles. The minimum Gasteiger partial charge on any atom is -0.465 e. The van der Waals surface area contributed by atoms with Crippen molar-refractivity contribution >= 4 is 29.3 Å². The number of anilines is 1. The highest BCUT2D eigenvalue weighted by Gasteiger charge is 2.14. The minimum absolute atomic E-state index is 0.0506. The Balaban J connectivity index is 2.53. The van der Waals surface area contributed by atoms with Crippen LogP contribution < -0.4 is 4.90 Å². The molecule has 1 aromatic rings. The summed E-state index contributed by atoms with van der Waals surface area (Å²) >= 11 is 1.26. The van der Waals surface area contributed by atoms with Gasteiger partial charge in [-0.3, -0.25) is 9.59 Å². The van der Waals surface area contributed by atoms with Crippen LogP contribution in [0.3, 0.4) is 0 Å². The number of hydrogen-bond acceptors (Lipinski definition) is 4. The first-order chi connectivity index (χ1) is 9.69. The molecule has 0 N–H and O–H groups in total. The Morgan fingerprint density at radius 1 is 1.30 bits per heavy atom. The lowest BCUT2D eigenvalue weighted by Crippen LogP contribution is -2.32. The predicted octanol–water partition coefficient (Wildman–Crippen LogP) is 2.50. The van der Waals surface area contributed by atoms with Gasteiger partial charge in [-0.05, 0) is 19.1 Å². The van der Waals surface area contributed by atoms with Crippen LogP contribution in [0.25, 0.3) is 0 Å². The molecule has 1 rings (SSSR count). The number of rotatable bonds is 8. The summed E-state index contributed by atoms with van der Waals surface area (Å²) in [5.74, 6) is 0.0865. The van der Waals surface area contributed by atoms with Gasteiger partial charge in [-0.2, -0.15) is 0 Å². The van der Waals surface area contributed by atoms with Crippen molar-refractivity contribution in [2.24, 2.45) is 0 Å². The second-order valence-corrected chi connectivity index (χ2v) is 4.91. The first-order valence-electron chi connectivity index (χ1n) is 6.38. The third-order valence-corrected chi connectivity index (χ3v) is 3.32. The van der Waals surface area contributed by atoms with Crippen LogP contribution in [0, 0.1) is 0 Å². The first kappa shape index (κ1) is 16.3. The van der Waals surface area contributed by atoms with Gasteiger partial charge in [0.25, 0.3) is 0 Å². The molecule has 0 aliphatic rings. The highest BCUT2D eigenvalue weighted by atomic mass is 32.2. The predicted molar refractivity (Wildman–Crippen MR) is 83.0 cm³/mol. The molecule has 20 heavy (non-hydrogen) atoms. The number of esters is 1. The van der Waals surface area contributed by atoms with E-state index in [1.165, 1.54) is 11.8 Å². The van der Waals surface area contributed by atoms with E-state index in [1.807, 2.05) is 30.3 Å². The molecule has 0 bridgehead atoms. The maximum Gasteiger partial charge on any atom is 0.315 e. The fraction of sp³-hybridized carbons (Fsp3) is 0.333. The maximum absolute atomic E-state index is 12.2. The number of carbonyl (C=O) groups is 2. The van der Waals surface area contributed by atoms with E-state index in [0.29, 0.717) is 13.2 Å². The van der Waals surface area contributed by atoms with Gasteiger partial charge in [-0.15, -0.1) is 18.3 Å². The van der Waals surface area contributed by atoms with E-state index in [0.717, 1.165) is 5.69 Å².